The molecule has 0 amide bonds. The van der Waals surface area contributed by atoms with Gasteiger partial charge < -0.3 is 9.29 Å². The van der Waals surface area contributed by atoms with E-state index >= 15 is 0 Å². The normalized spacial score (nSPS) is 15.7. The highest BCUT2D eigenvalue weighted by Gasteiger charge is 2.36. The predicted molar refractivity (Wildman–Crippen MR) is 123 cm³/mol. The molecule has 2 rings (SSSR count). The van der Waals surface area contributed by atoms with Crippen molar-refractivity contribution in [2.75, 3.05) is 19.1 Å². The van der Waals surface area contributed by atoms with E-state index in [1.807, 2.05) is 12.1 Å². The zero-order chi connectivity index (χ0) is 21.2. The molecule has 154 valence electrons. The van der Waals surface area contributed by atoms with E-state index in [0.29, 0.717) is 0 Å². The van der Waals surface area contributed by atoms with E-state index in [1.165, 1.54) is 16.3 Å². The molecule has 0 bridgehead atoms. The van der Waals surface area contributed by atoms with Crippen molar-refractivity contribution < 1.29 is 14.1 Å². The van der Waals surface area contributed by atoms with Crippen LogP contribution in [0.3, 0.4) is 0 Å². The summed E-state index contributed by atoms with van der Waals surface area (Å²) in [7, 11) is -1.38. The first kappa shape index (κ1) is 22.5. The lowest BCUT2D eigenvalue weighted by Crippen LogP contribution is -2.34. The maximum Gasteiger partial charge on any atom is 0.315 e. The third kappa shape index (κ3) is 5.18. The molecule has 0 saturated heterocycles. The molecule has 1 atom stereocenters. The number of aliphatic carboxylic acids is 1. The van der Waals surface area contributed by atoms with Crippen molar-refractivity contribution in [2.24, 2.45) is 5.41 Å². The Kier molecular flexibility index (Phi) is 6.67. The molecular weight excluding hydrogens is 368 g/mol. The fraction of sp³-hybridized carbons (Fsp3) is 0.458. The van der Waals surface area contributed by atoms with Crippen LogP contribution in [0.15, 0.2) is 42.5 Å². The van der Waals surface area contributed by atoms with E-state index in [-0.39, 0.29) is 11.4 Å². The molecule has 3 nitrogen and oxygen atoms in total. The van der Waals surface area contributed by atoms with Crippen LogP contribution in [0.2, 0.25) is 0 Å². The number of carboxylic acids is 1. The fourth-order valence-electron chi connectivity index (χ4n) is 2.55. The van der Waals surface area contributed by atoms with Gasteiger partial charge in [-0.3, -0.25) is 4.79 Å². The number of hydrogen-bond donors (Lipinski definition) is 1. The number of aryl methyl sites for hydroxylation is 1. The minimum absolute atomic E-state index is 0.00847. The Balaban J connectivity index is 2.26. The van der Waals surface area contributed by atoms with E-state index < -0.39 is 21.7 Å². The maximum absolute atomic E-state index is 12.0. The van der Waals surface area contributed by atoms with Crippen molar-refractivity contribution in [3.63, 3.8) is 0 Å². The van der Waals surface area contributed by atoms with Crippen LogP contribution in [0.25, 0.3) is 16.8 Å². The van der Waals surface area contributed by atoms with Crippen molar-refractivity contribution in [1.29, 1.82) is 0 Å². The number of hydrogen-bond acceptors (Lipinski definition) is 2. The summed E-state index contributed by atoms with van der Waals surface area (Å²) in [4.78, 5) is 12.0. The first-order chi connectivity index (χ1) is 12.9. The lowest BCUT2D eigenvalue weighted by atomic mass is 9.90. The van der Waals surface area contributed by atoms with Crippen molar-refractivity contribution in [3.05, 3.63) is 53.6 Å². The molecule has 2 aromatic carbocycles. The standard InChI is InChI=1S/C24H34O3S/c1-8-18-9-11-20-12-10-19(16-21(20)15-18)13-14-24(5,22(25)26)17-27-28(6,7)23(2,3)4/h9-16H,8,17H2,1-7H3,(H,25,26)/b14-13+/t24-/m1/s1. The summed E-state index contributed by atoms with van der Waals surface area (Å²) in [6.45, 7) is 10.4. The molecule has 0 fully saturated rings. The van der Waals surface area contributed by atoms with Crippen molar-refractivity contribution in [2.45, 2.75) is 45.8 Å². The number of fused-ring (bicyclic) bond motifs is 1. The molecule has 0 spiro atoms. The van der Waals surface area contributed by atoms with Gasteiger partial charge in [-0.15, -0.1) is 10.3 Å². The molecule has 0 aromatic heterocycles. The molecule has 0 aliphatic carbocycles. The molecule has 0 radical (unpaired) electrons. The van der Waals surface area contributed by atoms with Crippen LogP contribution in [0.4, 0.5) is 0 Å². The Hall–Kier alpha value is -1.78. The van der Waals surface area contributed by atoms with E-state index in [9.17, 15) is 9.90 Å². The first-order valence-electron chi connectivity index (χ1n) is 9.70. The van der Waals surface area contributed by atoms with Crippen LogP contribution >= 0.6 is 10.3 Å². The summed E-state index contributed by atoms with van der Waals surface area (Å²) in [5.41, 5.74) is 1.22. The molecule has 28 heavy (non-hydrogen) atoms. The Morgan fingerprint density at radius 3 is 2.29 bits per heavy atom. The summed E-state index contributed by atoms with van der Waals surface area (Å²) >= 11 is 0. The Labute approximate surface area is 171 Å². The largest absolute Gasteiger partial charge is 0.481 e. The number of carbonyl (C=O) groups is 1. The summed E-state index contributed by atoms with van der Waals surface area (Å²) in [6, 6.07) is 12.7. The summed E-state index contributed by atoms with van der Waals surface area (Å²) in [5.74, 6) is -0.873. The van der Waals surface area contributed by atoms with Crippen LogP contribution < -0.4 is 0 Å². The van der Waals surface area contributed by atoms with Crippen LogP contribution in [-0.2, 0) is 15.4 Å². The SMILES string of the molecule is CCc1ccc2ccc(/C=C/[C@](C)(COS(C)(C)C(C)(C)C)C(=O)O)cc2c1. The third-order valence-corrected chi connectivity index (χ3v) is 9.25. The maximum atomic E-state index is 12.0. The van der Waals surface area contributed by atoms with E-state index in [2.05, 4.69) is 70.5 Å². The topological polar surface area (TPSA) is 46.5 Å². The Morgan fingerprint density at radius 2 is 1.71 bits per heavy atom. The molecule has 0 aliphatic heterocycles. The smallest absolute Gasteiger partial charge is 0.315 e. The molecule has 0 saturated carbocycles. The van der Waals surface area contributed by atoms with Crippen LogP contribution in [-0.4, -0.2) is 34.9 Å². The number of benzene rings is 2. The summed E-state index contributed by atoms with van der Waals surface area (Å²) in [5, 5.41) is 12.2. The molecule has 0 aliphatic rings. The van der Waals surface area contributed by atoms with Gasteiger partial charge in [0.25, 0.3) is 0 Å². The fourth-order valence-corrected chi connectivity index (χ4v) is 3.44. The highest BCUT2D eigenvalue weighted by atomic mass is 32.3. The molecule has 0 heterocycles. The van der Waals surface area contributed by atoms with Gasteiger partial charge in [0.1, 0.15) is 5.41 Å². The zero-order valence-corrected chi connectivity index (χ0v) is 19.0. The van der Waals surface area contributed by atoms with Crippen molar-refractivity contribution >= 4 is 33.1 Å². The minimum atomic E-state index is -1.38. The minimum Gasteiger partial charge on any atom is -0.481 e. The van der Waals surface area contributed by atoms with Gasteiger partial charge in [-0.05, 0) is 53.8 Å². The number of rotatable bonds is 7. The van der Waals surface area contributed by atoms with Gasteiger partial charge >= 0.3 is 5.97 Å². The monoisotopic (exact) mass is 402 g/mol. The molecule has 1 N–H and O–H groups in total. The van der Waals surface area contributed by atoms with Crippen LogP contribution in [0.5, 0.6) is 0 Å². The molecule has 2 aromatic rings. The van der Waals surface area contributed by atoms with Gasteiger partial charge in [0, 0.05) is 4.75 Å². The zero-order valence-electron chi connectivity index (χ0n) is 18.2. The quantitative estimate of drug-likeness (QED) is 0.591. The first-order valence-corrected chi connectivity index (χ1v) is 12.1. The van der Waals surface area contributed by atoms with E-state index in [0.717, 1.165) is 12.0 Å². The highest BCUT2D eigenvalue weighted by Crippen LogP contribution is 2.54. The second kappa shape index (κ2) is 8.30. The highest BCUT2D eigenvalue weighted by molar-refractivity contribution is 8.29. The van der Waals surface area contributed by atoms with Crippen LogP contribution in [0.1, 0.15) is 45.7 Å². The summed E-state index contributed by atoms with van der Waals surface area (Å²) in [6.07, 6.45) is 8.84. The molecule has 4 heteroatoms. The number of carboxylic acid groups (broad SMARTS) is 1. The lowest BCUT2D eigenvalue weighted by Gasteiger charge is -2.45. The second-order valence-electron chi connectivity index (χ2n) is 8.96. The van der Waals surface area contributed by atoms with E-state index in [4.69, 9.17) is 4.18 Å². The van der Waals surface area contributed by atoms with Crippen LogP contribution in [0, 0.1) is 5.41 Å². The Bertz CT molecular complexity index is 877. The third-order valence-electron chi connectivity index (χ3n) is 5.60. The van der Waals surface area contributed by atoms with Gasteiger partial charge in [-0.25, -0.2) is 0 Å². The predicted octanol–water partition coefficient (Wildman–Crippen LogP) is 6.30. The van der Waals surface area contributed by atoms with Gasteiger partial charge in [0.05, 0.1) is 6.61 Å². The van der Waals surface area contributed by atoms with Gasteiger partial charge in [-0.1, -0.05) is 70.2 Å². The average molecular weight is 403 g/mol. The van der Waals surface area contributed by atoms with E-state index in [1.54, 1.807) is 13.0 Å². The van der Waals surface area contributed by atoms with Gasteiger partial charge in [0.15, 0.2) is 0 Å². The van der Waals surface area contributed by atoms with Crippen molar-refractivity contribution in [1.82, 2.24) is 0 Å². The van der Waals surface area contributed by atoms with Crippen molar-refractivity contribution in [3.8, 4) is 0 Å². The Morgan fingerprint density at radius 1 is 1.07 bits per heavy atom. The average Bonchev–Trinajstić information content (AvgIpc) is 2.63. The lowest BCUT2D eigenvalue weighted by molar-refractivity contribution is -0.146. The molecular formula is C24H34O3S. The second-order valence-corrected chi connectivity index (χ2v) is 12.9. The molecule has 0 unspecified atom stereocenters. The van der Waals surface area contributed by atoms with Gasteiger partial charge in [0.2, 0.25) is 0 Å². The summed E-state index contributed by atoms with van der Waals surface area (Å²) < 4.78 is 6.15. The van der Waals surface area contributed by atoms with Gasteiger partial charge in [-0.2, -0.15) is 0 Å².